The topological polar surface area (TPSA) is 7.68 Å². The molecular weight excluding hydrogens is 320 g/mol. The number of nitrogens with zero attached hydrogens (tertiary/aromatic N) is 1. The summed E-state index contributed by atoms with van der Waals surface area (Å²) in [5.41, 5.74) is 0.649. The fraction of sp³-hybridized carbons (Fsp3) is 0.333. The fourth-order valence-corrected chi connectivity index (χ4v) is 3.05. The molecule has 0 radical (unpaired) electrons. The first-order valence-electron chi connectivity index (χ1n) is 7.92. The molecule has 0 amide bonds. The first-order chi connectivity index (χ1) is 11.4. The highest BCUT2D eigenvalue weighted by Gasteiger charge is 2.31. The summed E-state index contributed by atoms with van der Waals surface area (Å²) in [5, 5.41) is 0. The zero-order chi connectivity index (χ0) is 17.2. The number of hydrogen-bond acceptors (Lipinski definition) is 1. The van der Waals surface area contributed by atoms with Crippen LogP contribution in [0.15, 0.2) is 48.5 Å². The van der Waals surface area contributed by atoms with Crippen LogP contribution < -0.4 is 9.80 Å². The van der Waals surface area contributed by atoms with Crippen molar-refractivity contribution in [3.8, 4) is 0 Å². The van der Waals surface area contributed by atoms with Crippen molar-refractivity contribution in [2.75, 3.05) is 31.1 Å². The standard InChI is InChI=1S/C18H18F4N2/c19-17-7-2-1-4-14(17)13-23-8-10-24(11-9-23)16-6-3-5-15(12-16)18(20,21)22/h1-7,12H,8-11,13H2/p+1. The summed E-state index contributed by atoms with van der Waals surface area (Å²) in [5.74, 6) is -0.203. The van der Waals surface area contributed by atoms with Gasteiger partial charge in [-0.2, -0.15) is 13.2 Å². The molecule has 0 saturated carbocycles. The molecule has 0 spiro atoms. The van der Waals surface area contributed by atoms with E-state index in [1.54, 1.807) is 18.2 Å². The van der Waals surface area contributed by atoms with E-state index in [1.807, 2.05) is 11.0 Å². The third-order valence-electron chi connectivity index (χ3n) is 4.41. The van der Waals surface area contributed by atoms with E-state index in [0.29, 0.717) is 30.9 Å². The highest BCUT2D eigenvalue weighted by molar-refractivity contribution is 5.49. The normalized spacial score (nSPS) is 16.4. The predicted octanol–water partition coefficient (Wildman–Crippen LogP) is 2.75. The molecule has 2 aromatic rings. The van der Waals surface area contributed by atoms with Crippen LogP contribution in [0.4, 0.5) is 23.2 Å². The van der Waals surface area contributed by atoms with Gasteiger partial charge in [0.2, 0.25) is 0 Å². The van der Waals surface area contributed by atoms with E-state index in [-0.39, 0.29) is 5.82 Å². The Balaban J connectivity index is 1.62. The summed E-state index contributed by atoms with van der Waals surface area (Å²) in [6, 6.07) is 12.1. The van der Waals surface area contributed by atoms with Gasteiger partial charge in [-0.25, -0.2) is 4.39 Å². The largest absolute Gasteiger partial charge is 0.416 e. The Morgan fingerprint density at radius 3 is 2.33 bits per heavy atom. The van der Waals surface area contributed by atoms with E-state index >= 15 is 0 Å². The highest BCUT2D eigenvalue weighted by Crippen LogP contribution is 2.31. The average molecular weight is 339 g/mol. The van der Waals surface area contributed by atoms with Gasteiger partial charge in [-0.15, -0.1) is 0 Å². The zero-order valence-corrected chi connectivity index (χ0v) is 13.1. The molecule has 6 heteroatoms. The highest BCUT2D eigenvalue weighted by atomic mass is 19.4. The molecule has 1 saturated heterocycles. The van der Waals surface area contributed by atoms with Gasteiger partial charge in [0, 0.05) is 11.3 Å². The lowest BCUT2D eigenvalue weighted by atomic mass is 10.1. The summed E-state index contributed by atoms with van der Waals surface area (Å²) < 4.78 is 52.2. The van der Waals surface area contributed by atoms with Gasteiger partial charge in [0.25, 0.3) is 0 Å². The minimum atomic E-state index is -4.33. The Morgan fingerprint density at radius 2 is 1.67 bits per heavy atom. The summed E-state index contributed by atoms with van der Waals surface area (Å²) in [6.45, 7) is 3.45. The molecule has 3 rings (SSSR count). The molecule has 2 nitrogen and oxygen atoms in total. The quantitative estimate of drug-likeness (QED) is 0.845. The van der Waals surface area contributed by atoms with Gasteiger partial charge in [0.05, 0.1) is 31.7 Å². The van der Waals surface area contributed by atoms with Crippen LogP contribution in [-0.2, 0) is 12.7 Å². The van der Waals surface area contributed by atoms with E-state index in [4.69, 9.17) is 0 Å². The SMILES string of the molecule is Fc1ccccc1C[NH+]1CCN(c2cccc(C(F)(F)F)c2)CC1. The second-order valence-corrected chi connectivity index (χ2v) is 6.05. The van der Waals surface area contributed by atoms with E-state index in [9.17, 15) is 17.6 Å². The number of benzene rings is 2. The molecule has 0 bridgehead atoms. The van der Waals surface area contributed by atoms with E-state index < -0.39 is 11.7 Å². The summed E-state index contributed by atoms with van der Waals surface area (Å²) in [7, 11) is 0. The maximum absolute atomic E-state index is 13.7. The average Bonchev–Trinajstić information content (AvgIpc) is 2.57. The van der Waals surface area contributed by atoms with Crippen LogP contribution in [-0.4, -0.2) is 26.2 Å². The Hall–Kier alpha value is -2.08. The lowest BCUT2D eigenvalue weighted by molar-refractivity contribution is -0.914. The van der Waals surface area contributed by atoms with Gasteiger partial charge in [-0.05, 0) is 24.3 Å². The van der Waals surface area contributed by atoms with Gasteiger partial charge in [-0.1, -0.05) is 24.3 Å². The van der Waals surface area contributed by atoms with Gasteiger partial charge < -0.3 is 9.80 Å². The van der Waals surface area contributed by atoms with Crippen molar-refractivity contribution in [1.82, 2.24) is 0 Å². The molecule has 128 valence electrons. The Morgan fingerprint density at radius 1 is 0.958 bits per heavy atom. The Kier molecular flexibility index (Phi) is 4.76. The van der Waals surface area contributed by atoms with Crippen LogP contribution in [0.3, 0.4) is 0 Å². The number of hydrogen-bond donors (Lipinski definition) is 1. The second-order valence-electron chi connectivity index (χ2n) is 6.05. The molecule has 2 aromatic carbocycles. The number of quaternary nitrogens is 1. The van der Waals surface area contributed by atoms with Crippen molar-refractivity contribution >= 4 is 5.69 Å². The molecule has 1 fully saturated rings. The summed E-state index contributed by atoms with van der Waals surface area (Å²) in [6.07, 6.45) is -4.33. The lowest BCUT2D eigenvalue weighted by Gasteiger charge is -2.34. The molecule has 24 heavy (non-hydrogen) atoms. The van der Waals surface area contributed by atoms with Crippen molar-refractivity contribution in [3.05, 3.63) is 65.5 Å². The van der Waals surface area contributed by atoms with Crippen molar-refractivity contribution in [1.29, 1.82) is 0 Å². The molecule has 1 aliphatic heterocycles. The number of rotatable bonds is 3. The molecule has 1 N–H and O–H groups in total. The molecule has 1 aliphatic rings. The van der Waals surface area contributed by atoms with Crippen LogP contribution in [0.5, 0.6) is 0 Å². The van der Waals surface area contributed by atoms with Gasteiger partial charge in [-0.3, -0.25) is 0 Å². The summed E-state index contributed by atoms with van der Waals surface area (Å²) in [4.78, 5) is 3.20. The molecule has 1 heterocycles. The number of alkyl halides is 3. The van der Waals surface area contributed by atoms with Crippen LogP contribution in [0.1, 0.15) is 11.1 Å². The predicted molar refractivity (Wildman–Crippen MR) is 84.5 cm³/mol. The maximum atomic E-state index is 13.7. The van der Waals surface area contributed by atoms with E-state index in [1.165, 1.54) is 23.1 Å². The smallest absolute Gasteiger partial charge is 0.360 e. The molecule has 0 atom stereocenters. The minimum Gasteiger partial charge on any atom is -0.360 e. The van der Waals surface area contributed by atoms with Gasteiger partial charge >= 0.3 is 6.18 Å². The van der Waals surface area contributed by atoms with Crippen LogP contribution >= 0.6 is 0 Å². The minimum absolute atomic E-state index is 0.203. The third-order valence-corrected chi connectivity index (χ3v) is 4.41. The Bertz CT molecular complexity index is 691. The van der Waals surface area contributed by atoms with Crippen LogP contribution in [0.2, 0.25) is 0 Å². The van der Waals surface area contributed by atoms with Crippen molar-refractivity contribution in [2.45, 2.75) is 12.7 Å². The third kappa shape index (κ3) is 3.87. The summed E-state index contributed by atoms with van der Waals surface area (Å²) >= 11 is 0. The first-order valence-corrected chi connectivity index (χ1v) is 7.92. The van der Waals surface area contributed by atoms with Crippen molar-refractivity contribution < 1.29 is 22.5 Å². The number of nitrogens with one attached hydrogen (secondary N) is 1. The zero-order valence-electron chi connectivity index (χ0n) is 13.1. The molecule has 0 aliphatic carbocycles. The number of anilines is 1. The molecule has 0 aromatic heterocycles. The Labute approximate surface area is 138 Å². The van der Waals surface area contributed by atoms with Gasteiger partial charge in [0.1, 0.15) is 12.4 Å². The maximum Gasteiger partial charge on any atom is 0.416 e. The van der Waals surface area contributed by atoms with Crippen LogP contribution in [0.25, 0.3) is 0 Å². The monoisotopic (exact) mass is 339 g/mol. The van der Waals surface area contributed by atoms with E-state index in [2.05, 4.69) is 0 Å². The lowest BCUT2D eigenvalue weighted by Crippen LogP contribution is -3.13. The molecule has 0 unspecified atom stereocenters. The molecular formula is C18H19F4N2+. The van der Waals surface area contributed by atoms with Crippen molar-refractivity contribution in [2.24, 2.45) is 0 Å². The first kappa shape index (κ1) is 16.8. The number of halogens is 4. The van der Waals surface area contributed by atoms with Gasteiger partial charge in [0.15, 0.2) is 0 Å². The van der Waals surface area contributed by atoms with Crippen LogP contribution in [0, 0.1) is 5.82 Å². The number of piperazine rings is 1. The fourth-order valence-electron chi connectivity index (χ4n) is 3.05. The van der Waals surface area contributed by atoms with Crippen molar-refractivity contribution in [3.63, 3.8) is 0 Å². The van der Waals surface area contributed by atoms with E-state index in [0.717, 1.165) is 19.2 Å². The second kappa shape index (κ2) is 6.81.